The number of hydrogen-bond acceptors (Lipinski definition) is 5. The van der Waals surface area contributed by atoms with Crippen LogP contribution in [0.2, 0.25) is 0 Å². The number of halogens is 1. The highest BCUT2D eigenvalue weighted by atomic mass is 79.9. The zero-order valence-corrected chi connectivity index (χ0v) is 18.5. The zero-order chi connectivity index (χ0) is 21.4. The minimum absolute atomic E-state index is 0.192. The molecule has 0 bridgehead atoms. The van der Waals surface area contributed by atoms with Crippen molar-refractivity contribution in [1.82, 2.24) is 4.90 Å². The number of nitrogens with zero attached hydrogens (tertiary/aromatic N) is 1. The maximum absolute atomic E-state index is 13.3. The van der Waals surface area contributed by atoms with Gasteiger partial charge in [0.05, 0.1) is 15.4 Å². The Labute approximate surface area is 188 Å². The summed E-state index contributed by atoms with van der Waals surface area (Å²) in [5, 5.41) is 0.483. The molecule has 0 fully saturated rings. The molecule has 0 spiro atoms. The van der Waals surface area contributed by atoms with Gasteiger partial charge in [-0.3, -0.25) is 9.69 Å². The third-order valence-electron chi connectivity index (χ3n) is 5.33. The van der Waals surface area contributed by atoms with Crippen LogP contribution < -0.4 is 14.9 Å². The fourth-order valence-electron chi connectivity index (χ4n) is 3.80. The number of benzene rings is 3. The van der Waals surface area contributed by atoms with E-state index in [1.54, 1.807) is 19.1 Å². The Balaban J connectivity index is 1.53. The Morgan fingerprint density at radius 1 is 1.03 bits per heavy atom. The molecule has 0 saturated heterocycles. The molecule has 5 nitrogen and oxygen atoms in total. The fraction of sp³-hybridized carbons (Fsp3) is 0.160. The summed E-state index contributed by atoms with van der Waals surface area (Å²) in [7, 11) is 0. The molecule has 4 aromatic rings. The predicted octanol–water partition coefficient (Wildman–Crippen LogP) is 6.01. The minimum atomic E-state index is -0.197. The molecule has 156 valence electrons. The zero-order valence-electron chi connectivity index (χ0n) is 16.9. The van der Waals surface area contributed by atoms with Gasteiger partial charge in [-0.25, -0.2) is 0 Å². The third-order valence-corrected chi connectivity index (χ3v) is 5.98. The highest BCUT2D eigenvalue weighted by molar-refractivity contribution is 9.10. The second kappa shape index (κ2) is 8.21. The van der Waals surface area contributed by atoms with Crippen molar-refractivity contribution < 1.29 is 13.9 Å². The molecule has 5 rings (SSSR count). The van der Waals surface area contributed by atoms with Crippen LogP contribution in [0.3, 0.4) is 0 Å². The Kier molecular flexibility index (Phi) is 5.26. The van der Waals surface area contributed by atoms with Gasteiger partial charge in [0, 0.05) is 13.1 Å². The van der Waals surface area contributed by atoms with E-state index in [0.29, 0.717) is 35.8 Å². The first-order valence-electron chi connectivity index (χ1n) is 10.0. The van der Waals surface area contributed by atoms with Crippen molar-refractivity contribution in [2.24, 2.45) is 0 Å². The molecule has 0 aliphatic carbocycles. The van der Waals surface area contributed by atoms with Crippen LogP contribution in [0.1, 0.15) is 16.9 Å². The summed E-state index contributed by atoms with van der Waals surface area (Å²) in [5.74, 6) is 1.94. The van der Waals surface area contributed by atoms with Gasteiger partial charge in [-0.2, -0.15) is 0 Å². The number of aryl methyl sites for hydroxylation is 1. The topological polar surface area (TPSA) is 51.9 Å². The SMILES string of the molecule is Cc1oc2c3c(ccc2c(=O)c1Oc1ccccc1Br)OCN(Cc1ccccc1)C3. The van der Waals surface area contributed by atoms with Crippen LogP contribution in [0.25, 0.3) is 11.0 Å². The summed E-state index contributed by atoms with van der Waals surface area (Å²) in [6, 6.07) is 21.2. The maximum atomic E-state index is 13.3. The largest absolute Gasteiger partial charge is 0.478 e. The highest BCUT2D eigenvalue weighted by Gasteiger charge is 2.24. The van der Waals surface area contributed by atoms with Gasteiger partial charge >= 0.3 is 0 Å². The van der Waals surface area contributed by atoms with Crippen molar-refractivity contribution >= 4 is 26.9 Å². The second-order valence-electron chi connectivity index (χ2n) is 7.51. The van der Waals surface area contributed by atoms with Gasteiger partial charge in [0.15, 0.2) is 0 Å². The third kappa shape index (κ3) is 3.84. The molecule has 2 heterocycles. The molecular weight excluding hydrogens is 458 g/mol. The quantitative estimate of drug-likeness (QED) is 0.360. The van der Waals surface area contributed by atoms with Crippen molar-refractivity contribution in [2.75, 3.05) is 6.73 Å². The van der Waals surface area contributed by atoms with E-state index in [1.807, 2.05) is 42.5 Å². The van der Waals surface area contributed by atoms with E-state index in [1.165, 1.54) is 5.56 Å². The van der Waals surface area contributed by atoms with Crippen LogP contribution >= 0.6 is 15.9 Å². The lowest BCUT2D eigenvalue weighted by molar-refractivity contribution is 0.0889. The van der Waals surface area contributed by atoms with Gasteiger partial charge in [0.2, 0.25) is 11.2 Å². The smallest absolute Gasteiger partial charge is 0.235 e. The van der Waals surface area contributed by atoms with Crippen molar-refractivity contribution in [3.05, 3.63) is 98.3 Å². The normalized spacial score (nSPS) is 13.6. The van der Waals surface area contributed by atoms with Gasteiger partial charge in [0.1, 0.15) is 29.6 Å². The van der Waals surface area contributed by atoms with Gasteiger partial charge in [-0.05, 0) is 52.7 Å². The summed E-state index contributed by atoms with van der Waals surface area (Å²) in [4.78, 5) is 15.4. The number of ether oxygens (including phenoxy) is 2. The van der Waals surface area contributed by atoms with Crippen LogP contribution in [0, 0.1) is 6.92 Å². The van der Waals surface area contributed by atoms with E-state index >= 15 is 0 Å². The number of hydrogen-bond donors (Lipinski definition) is 0. The number of rotatable bonds is 4. The van der Waals surface area contributed by atoms with E-state index in [-0.39, 0.29) is 11.2 Å². The fourth-order valence-corrected chi connectivity index (χ4v) is 4.17. The van der Waals surface area contributed by atoms with Gasteiger partial charge in [0.25, 0.3) is 0 Å². The van der Waals surface area contributed by atoms with Crippen molar-refractivity contribution in [2.45, 2.75) is 20.0 Å². The lowest BCUT2D eigenvalue weighted by Gasteiger charge is -2.29. The second-order valence-corrected chi connectivity index (χ2v) is 8.37. The molecule has 0 saturated carbocycles. The Morgan fingerprint density at radius 3 is 2.61 bits per heavy atom. The molecule has 0 N–H and O–H groups in total. The number of para-hydroxylation sites is 1. The molecule has 0 amide bonds. The summed E-state index contributed by atoms with van der Waals surface area (Å²) in [5.41, 5.74) is 2.44. The molecule has 1 aliphatic heterocycles. The minimum Gasteiger partial charge on any atom is -0.478 e. The van der Waals surface area contributed by atoms with Gasteiger partial charge in [-0.15, -0.1) is 0 Å². The lowest BCUT2D eigenvalue weighted by Crippen LogP contribution is -2.31. The van der Waals surface area contributed by atoms with E-state index in [0.717, 1.165) is 22.3 Å². The molecule has 1 aliphatic rings. The average molecular weight is 478 g/mol. The van der Waals surface area contributed by atoms with E-state index < -0.39 is 0 Å². The van der Waals surface area contributed by atoms with E-state index in [9.17, 15) is 4.79 Å². The monoisotopic (exact) mass is 477 g/mol. The van der Waals surface area contributed by atoms with Crippen LogP contribution in [-0.4, -0.2) is 11.6 Å². The maximum Gasteiger partial charge on any atom is 0.235 e. The van der Waals surface area contributed by atoms with Crippen LogP contribution in [0.15, 0.2) is 80.4 Å². The molecular formula is C25H20BrNO4. The van der Waals surface area contributed by atoms with Crippen LogP contribution in [0.5, 0.6) is 17.2 Å². The highest BCUT2D eigenvalue weighted by Crippen LogP contribution is 2.35. The van der Waals surface area contributed by atoms with Crippen LogP contribution in [-0.2, 0) is 13.1 Å². The first-order chi connectivity index (χ1) is 15.1. The molecule has 0 radical (unpaired) electrons. The first kappa shape index (κ1) is 19.8. The molecule has 3 aromatic carbocycles. The van der Waals surface area contributed by atoms with E-state index in [2.05, 4.69) is 33.0 Å². The van der Waals surface area contributed by atoms with Gasteiger partial charge < -0.3 is 13.9 Å². The molecule has 6 heteroatoms. The lowest BCUT2D eigenvalue weighted by atomic mass is 10.1. The van der Waals surface area contributed by atoms with Gasteiger partial charge in [-0.1, -0.05) is 42.5 Å². The predicted molar refractivity (Wildman–Crippen MR) is 123 cm³/mol. The van der Waals surface area contributed by atoms with Crippen molar-refractivity contribution in [3.63, 3.8) is 0 Å². The Morgan fingerprint density at radius 2 is 1.81 bits per heavy atom. The van der Waals surface area contributed by atoms with E-state index in [4.69, 9.17) is 13.9 Å². The van der Waals surface area contributed by atoms with Crippen molar-refractivity contribution in [3.8, 4) is 17.2 Å². The molecule has 31 heavy (non-hydrogen) atoms. The van der Waals surface area contributed by atoms with Crippen LogP contribution in [0.4, 0.5) is 0 Å². The summed E-state index contributed by atoms with van der Waals surface area (Å²) in [6.45, 7) is 3.62. The first-order valence-corrected chi connectivity index (χ1v) is 10.8. The molecule has 0 atom stereocenters. The summed E-state index contributed by atoms with van der Waals surface area (Å²) >= 11 is 3.46. The molecule has 1 aromatic heterocycles. The standard InChI is InChI=1S/C25H20BrNO4/c1-16-24(31-22-10-6-5-9-20(22)26)23(28)18-11-12-21-19(25(18)30-16)14-27(15-29-21)13-17-7-3-2-4-8-17/h2-12H,13-15H2,1H3. The molecule has 0 unspecified atom stereocenters. The summed E-state index contributed by atoms with van der Waals surface area (Å²) in [6.07, 6.45) is 0. The summed E-state index contributed by atoms with van der Waals surface area (Å²) < 4.78 is 18.8. The van der Waals surface area contributed by atoms with Crippen molar-refractivity contribution in [1.29, 1.82) is 0 Å². The Bertz CT molecular complexity index is 1320. The Hall–Kier alpha value is -3.09. The number of fused-ring (bicyclic) bond motifs is 3. The average Bonchev–Trinajstić information content (AvgIpc) is 2.78.